The summed E-state index contributed by atoms with van der Waals surface area (Å²) in [7, 11) is 1.68. The Bertz CT molecular complexity index is 387. The number of carbonyl (C=O) groups is 1. The molecule has 17 heavy (non-hydrogen) atoms. The van der Waals surface area contributed by atoms with Crippen LogP contribution in [0.4, 0.5) is 0 Å². The van der Waals surface area contributed by atoms with Gasteiger partial charge in [0.25, 0.3) is 0 Å². The lowest BCUT2D eigenvalue weighted by molar-refractivity contribution is -0.00658. The molecule has 1 aromatic heterocycles. The smallest absolute Gasteiger partial charge is 0.204 e. The fourth-order valence-electron chi connectivity index (χ4n) is 2.60. The molecule has 2 rings (SSSR count). The van der Waals surface area contributed by atoms with Gasteiger partial charge in [0, 0.05) is 12.0 Å². The number of ketones is 1. The molecule has 0 saturated heterocycles. The summed E-state index contributed by atoms with van der Waals surface area (Å²) in [6.07, 6.45) is 6.40. The van der Waals surface area contributed by atoms with Crippen LogP contribution in [-0.2, 0) is 4.74 Å². The minimum atomic E-state index is -0.548. The fraction of sp³-hybridized carbons (Fsp3) is 0.643. The number of carbonyl (C=O) groups excluding carboxylic acids is 1. The van der Waals surface area contributed by atoms with Crippen molar-refractivity contribution in [2.75, 3.05) is 7.11 Å². The summed E-state index contributed by atoms with van der Waals surface area (Å²) in [6.45, 7) is 2.04. The second-order valence-corrected chi connectivity index (χ2v) is 6.14. The zero-order chi connectivity index (χ0) is 12.3. The van der Waals surface area contributed by atoms with Gasteiger partial charge in [-0.15, -0.1) is 11.3 Å². The van der Waals surface area contributed by atoms with Crippen molar-refractivity contribution < 1.29 is 9.53 Å². The largest absolute Gasteiger partial charge is 0.370 e. The molecule has 1 aromatic rings. The molecular weight excluding hydrogens is 232 g/mol. The fourth-order valence-corrected chi connectivity index (χ4v) is 3.50. The zero-order valence-electron chi connectivity index (χ0n) is 10.6. The van der Waals surface area contributed by atoms with Gasteiger partial charge in [-0.05, 0) is 31.9 Å². The van der Waals surface area contributed by atoms with Gasteiger partial charge in [-0.2, -0.15) is 0 Å². The summed E-state index contributed by atoms with van der Waals surface area (Å²) >= 11 is 1.58. The Morgan fingerprint density at radius 2 is 1.88 bits per heavy atom. The Morgan fingerprint density at radius 1 is 1.24 bits per heavy atom. The average molecular weight is 252 g/mol. The van der Waals surface area contributed by atoms with Crippen molar-refractivity contribution >= 4 is 17.1 Å². The molecule has 0 unspecified atom stereocenters. The van der Waals surface area contributed by atoms with Crippen molar-refractivity contribution in [1.82, 2.24) is 0 Å². The van der Waals surface area contributed by atoms with Crippen LogP contribution in [0.1, 0.15) is 53.1 Å². The van der Waals surface area contributed by atoms with Gasteiger partial charge in [-0.3, -0.25) is 4.79 Å². The lowest BCUT2D eigenvalue weighted by Gasteiger charge is -2.29. The van der Waals surface area contributed by atoms with Crippen LogP contribution < -0.4 is 0 Å². The number of aryl methyl sites for hydroxylation is 1. The molecule has 0 atom stereocenters. The third kappa shape index (κ3) is 2.61. The molecule has 3 heteroatoms. The highest BCUT2D eigenvalue weighted by molar-refractivity contribution is 7.14. The minimum absolute atomic E-state index is 0.194. The molecule has 0 amide bonds. The molecule has 0 aromatic carbocycles. The van der Waals surface area contributed by atoms with E-state index in [0.717, 1.165) is 30.6 Å². The first-order valence-corrected chi connectivity index (χ1v) is 7.16. The van der Waals surface area contributed by atoms with Gasteiger partial charge in [0.15, 0.2) is 0 Å². The van der Waals surface area contributed by atoms with Gasteiger partial charge in [0.1, 0.15) is 5.60 Å². The van der Waals surface area contributed by atoms with E-state index in [1.807, 2.05) is 19.1 Å². The molecule has 0 aliphatic heterocycles. The maximum atomic E-state index is 12.6. The average Bonchev–Trinajstić information content (AvgIpc) is 2.64. The molecule has 94 valence electrons. The Morgan fingerprint density at radius 3 is 2.35 bits per heavy atom. The Kier molecular flexibility index (Phi) is 4.00. The summed E-state index contributed by atoms with van der Waals surface area (Å²) in [5, 5.41) is 0. The number of rotatable bonds is 3. The van der Waals surface area contributed by atoms with E-state index >= 15 is 0 Å². The Labute approximate surface area is 107 Å². The predicted octanol–water partition coefficient (Wildman–Crippen LogP) is 3.98. The molecule has 1 aliphatic carbocycles. The molecular formula is C14H20O2S. The first kappa shape index (κ1) is 12.8. The van der Waals surface area contributed by atoms with E-state index in [-0.39, 0.29) is 5.78 Å². The standard InChI is InChI=1S/C14H20O2S/c1-11-7-8-12(17-11)13(15)14(16-2)9-5-3-4-6-10-14/h7-8H,3-6,9-10H2,1-2H3. The van der Waals surface area contributed by atoms with Crippen molar-refractivity contribution in [3.63, 3.8) is 0 Å². The van der Waals surface area contributed by atoms with E-state index in [4.69, 9.17) is 4.74 Å². The van der Waals surface area contributed by atoms with Crippen molar-refractivity contribution in [3.05, 3.63) is 21.9 Å². The number of hydrogen-bond acceptors (Lipinski definition) is 3. The highest BCUT2D eigenvalue weighted by atomic mass is 32.1. The SMILES string of the molecule is COC1(C(=O)c2ccc(C)s2)CCCCCC1. The molecule has 0 spiro atoms. The summed E-state index contributed by atoms with van der Waals surface area (Å²) < 4.78 is 5.64. The molecule has 1 fully saturated rings. The van der Waals surface area contributed by atoms with E-state index in [1.54, 1.807) is 18.4 Å². The Balaban J connectivity index is 2.24. The van der Waals surface area contributed by atoms with Crippen LogP contribution in [0.15, 0.2) is 12.1 Å². The van der Waals surface area contributed by atoms with Crippen LogP contribution >= 0.6 is 11.3 Å². The quantitative estimate of drug-likeness (QED) is 0.601. The second kappa shape index (κ2) is 5.32. The highest BCUT2D eigenvalue weighted by Crippen LogP contribution is 2.34. The molecule has 0 radical (unpaired) electrons. The van der Waals surface area contributed by atoms with Gasteiger partial charge >= 0.3 is 0 Å². The van der Waals surface area contributed by atoms with Crippen molar-refractivity contribution in [1.29, 1.82) is 0 Å². The number of hydrogen-bond donors (Lipinski definition) is 0. The lowest BCUT2D eigenvalue weighted by atomic mass is 9.88. The van der Waals surface area contributed by atoms with Gasteiger partial charge in [-0.25, -0.2) is 0 Å². The molecule has 1 aliphatic rings. The summed E-state index contributed by atoms with van der Waals surface area (Å²) in [4.78, 5) is 14.6. The van der Waals surface area contributed by atoms with Crippen molar-refractivity contribution in [2.45, 2.75) is 51.0 Å². The maximum Gasteiger partial charge on any atom is 0.204 e. The molecule has 0 bridgehead atoms. The number of methoxy groups -OCH3 is 1. The third-order valence-corrected chi connectivity index (χ3v) is 4.68. The van der Waals surface area contributed by atoms with Gasteiger partial charge < -0.3 is 4.74 Å². The van der Waals surface area contributed by atoms with Gasteiger partial charge in [0.05, 0.1) is 4.88 Å². The summed E-state index contributed by atoms with van der Waals surface area (Å²) in [5.74, 6) is 0.194. The third-order valence-electron chi connectivity index (χ3n) is 3.68. The van der Waals surface area contributed by atoms with Crippen LogP contribution in [-0.4, -0.2) is 18.5 Å². The van der Waals surface area contributed by atoms with Gasteiger partial charge in [-0.1, -0.05) is 25.7 Å². The molecule has 0 N–H and O–H groups in total. The maximum absolute atomic E-state index is 12.6. The first-order chi connectivity index (χ1) is 8.18. The minimum Gasteiger partial charge on any atom is -0.370 e. The van der Waals surface area contributed by atoms with Crippen LogP contribution in [0.5, 0.6) is 0 Å². The van der Waals surface area contributed by atoms with Crippen LogP contribution in [0, 0.1) is 6.92 Å². The zero-order valence-corrected chi connectivity index (χ0v) is 11.4. The first-order valence-electron chi connectivity index (χ1n) is 6.34. The summed E-state index contributed by atoms with van der Waals surface area (Å²) in [6, 6.07) is 3.95. The molecule has 2 nitrogen and oxygen atoms in total. The predicted molar refractivity (Wildman–Crippen MR) is 70.8 cm³/mol. The Hall–Kier alpha value is -0.670. The molecule has 1 saturated carbocycles. The van der Waals surface area contributed by atoms with Crippen molar-refractivity contribution in [3.8, 4) is 0 Å². The van der Waals surface area contributed by atoms with E-state index in [9.17, 15) is 4.79 Å². The molecule has 1 heterocycles. The monoisotopic (exact) mass is 252 g/mol. The van der Waals surface area contributed by atoms with Crippen molar-refractivity contribution in [2.24, 2.45) is 0 Å². The van der Waals surface area contributed by atoms with Crippen LogP contribution in [0.3, 0.4) is 0 Å². The highest BCUT2D eigenvalue weighted by Gasteiger charge is 2.39. The van der Waals surface area contributed by atoms with Gasteiger partial charge in [0.2, 0.25) is 5.78 Å². The normalized spacial score (nSPS) is 19.9. The summed E-state index contributed by atoms with van der Waals surface area (Å²) in [5.41, 5.74) is -0.548. The second-order valence-electron chi connectivity index (χ2n) is 4.85. The van der Waals surface area contributed by atoms with E-state index < -0.39 is 5.60 Å². The lowest BCUT2D eigenvalue weighted by Crippen LogP contribution is -2.39. The number of Topliss-reactive ketones (excluding diaryl/α,β-unsaturated/α-hetero) is 1. The van der Waals surface area contributed by atoms with Crippen LogP contribution in [0.2, 0.25) is 0 Å². The van der Waals surface area contributed by atoms with Crippen LogP contribution in [0.25, 0.3) is 0 Å². The topological polar surface area (TPSA) is 26.3 Å². The van der Waals surface area contributed by atoms with E-state index in [2.05, 4.69) is 0 Å². The number of ether oxygens (including phenoxy) is 1. The number of thiophene rings is 1. The van der Waals surface area contributed by atoms with E-state index in [1.165, 1.54) is 17.7 Å². The van der Waals surface area contributed by atoms with E-state index in [0.29, 0.717) is 0 Å².